The summed E-state index contributed by atoms with van der Waals surface area (Å²) in [6.45, 7) is 5.74. The number of hydrogen-bond acceptors (Lipinski definition) is 4. The lowest BCUT2D eigenvalue weighted by molar-refractivity contribution is -0.126. The molecule has 1 atom stereocenters. The molecule has 1 N–H and O–H groups in total. The fraction of sp³-hybridized carbons (Fsp3) is 0.333. The maximum Gasteiger partial charge on any atom is 0.254 e. The van der Waals surface area contributed by atoms with E-state index in [4.69, 9.17) is 9.47 Å². The summed E-state index contributed by atoms with van der Waals surface area (Å²) < 4.78 is 10.7. The number of amides is 2. The molecule has 0 saturated carbocycles. The van der Waals surface area contributed by atoms with Crippen LogP contribution in [0.3, 0.4) is 0 Å². The molecule has 3 rings (SSSR count). The Kier molecular flexibility index (Phi) is 5.08. The Morgan fingerprint density at radius 3 is 2.37 bits per heavy atom. The van der Waals surface area contributed by atoms with Crippen LogP contribution in [0.5, 0.6) is 11.5 Å². The van der Waals surface area contributed by atoms with Crippen LogP contribution in [0.4, 0.5) is 5.69 Å². The van der Waals surface area contributed by atoms with Crippen LogP contribution in [-0.4, -0.2) is 26.0 Å². The molecule has 2 amide bonds. The highest BCUT2D eigenvalue weighted by atomic mass is 16.5. The van der Waals surface area contributed by atoms with Crippen molar-refractivity contribution in [3.63, 3.8) is 0 Å². The first kappa shape index (κ1) is 18.8. The summed E-state index contributed by atoms with van der Waals surface area (Å²) in [6, 6.07) is 8.92. The Morgan fingerprint density at radius 2 is 1.74 bits per heavy atom. The summed E-state index contributed by atoms with van der Waals surface area (Å²) in [5, 5.41) is 2.80. The second kappa shape index (κ2) is 7.31. The molecule has 0 spiro atoms. The van der Waals surface area contributed by atoms with Crippen molar-refractivity contribution >= 4 is 17.5 Å². The Bertz CT molecular complexity index is 907. The normalized spacial score (nSPS) is 15.5. The average Bonchev–Trinajstić information content (AvgIpc) is 2.91. The minimum Gasteiger partial charge on any atom is -0.493 e. The zero-order valence-electron chi connectivity index (χ0n) is 16.3. The molecule has 0 aromatic heterocycles. The molecule has 1 aliphatic heterocycles. The second-order valence-corrected chi connectivity index (χ2v) is 6.71. The SMILES string of the molecule is COc1ccc(CN2C(=O)[C@H](NC(C)=O)c3c(C)ccc(C)c32)cc1OC. The van der Waals surface area contributed by atoms with Gasteiger partial charge in [-0.2, -0.15) is 0 Å². The van der Waals surface area contributed by atoms with Crippen LogP contribution in [0.25, 0.3) is 0 Å². The summed E-state index contributed by atoms with van der Waals surface area (Å²) in [7, 11) is 3.17. The van der Waals surface area contributed by atoms with Gasteiger partial charge < -0.3 is 19.7 Å². The number of aryl methyl sites for hydroxylation is 2. The van der Waals surface area contributed by atoms with E-state index in [1.165, 1.54) is 6.92 Å². The first-order chi connectivity index (χ1) is 12.9. The van der Waals surface area contributed by atoms with E-state index in [2.05, 4.69) is 5.32 Å². The van der Waals surface area contributed by atoms with Crippen LogP contribution >= 0.6 is 0 Å². The van der Waals surface area contributed by atoms with Crippen molar-refractivity contribution in [3.8, 4) is 11.5 Å². The van der Waals surface area contributed by atoms with Gasteiger partial charge in [-0.3, -0.25) is 9.59 Å². The molecular weight excluding hydrogens is 344 g/mol. The molecule has 2 aromatic rings. The van der Waals surface area contributed by atoms with E-state index in [9.17, 15) is 9.59 Å². The highest BCUT2D eigenvalue weighted by Gasteiger charge is 2.39. The van der Waals surface area contributed by atoms with Crippen molar-refractivity contribution in [2.75, 3.05) is 19.1 Å². The van der Waals surface area contributed by atoms with Gasteiger partial charge in [-0.25, -0.2) is 0 Å². The number of nitrogens with one attached hydrogen (secondary N) is 1. The fourth-order valence-corrected chi connectivity index (χ4v) is 3.59. The van der Waals surface area contributed by atoms with Gasteiger partial charge in [0, 0.05) is 12.5 Å². The van der Waals surface area contributed by atoms with Gasteiger partial charge in [0.2, 0.25) is 5.91 Å². The van der Waals surface area contributed by atoms with Crippen molar-refractivity contribution in [3.05, 3.63) is 52.6 Å². The molecule has 1 heterocycles. The molecule has 0 radical (unpaired) electrons. The summed E-state index contributed by atoms with van der Waals surface area (Å²) in [6.07, 6.45) is 0. The van der Waals surface area contributed by atoms with Crippen LogP contribution in [-0.2, 0) is 16.1 Å². The minimum absolute atomic E-state index is 0.132. The number of nitrogens with zero attached hydrogens (tertiary/aromatic N) is 1. The number of rotatable bonds is 5. The molecular formula is C21H24N2O4. The van der Waals surface area contributed by atoms with Crippen LogP contribution in [0.15, 0.2) is 30.3 Å². The molecule has 0 fully saturated rings. The third kappa shape index (κ3) is 3.35. The number of fused-ring (bicyclic) bond motifs is 1. The molecule has 0 bridgehead atoms. The lowest BCUT2D eigenvalue weighted by Gasteiger charge is -2.20. The number of carbonyl (C=O) groups excluding carboxylic acids is 2. The van der Waals surface area contributed by atoms with Gasteiger partial charge in [0.25, 0.3) is 5.91 Å². The average molecular weight is 368 g/mol. The number of hydrogen-bond donors (Lipinski definition) is 1. The number of anilines is 1. The summed E-state index contributed by atoms with van der Waals surface area (Å²) >= 11 is 0. The van der Waals surface area contributed by atoms with E-state index >= 15 is 0 Å². The van der Waals surface area contributed by atoms with Crippen molar-refractivity contribution in [2.24, 2.45) is 0 Å². The molecule has 6 nitrogen and oxygen atoms in total. The monoisotopic (exact) mass is 368 g/mol. The predicted octanol–water partition coefficient (Wildman–Crippen LogP) is 3.04. The number of methoxy groups -OCH3 is 2. The largest absolute Gasteiger partial charge is 0.493 e. The zero-order valence-corrected chi connectivity index (χ0v) is 16.3. The number of benzene rings is 2. The Morgan fingerprint density at radius 1 is 1.07 bits per heavy atom. The first-order valence-corrected chi connectivity index (χ1v) is 8.76. The van der Waals surface area contributed by atoms with E-state index in [1.54, 1.807) is 19.1 Å². The van der Waals surface area contributed by atoms with Crippen LogP contribution in [0.1, 0.15) is 35.2 Å². The molecule has 0 aliphatic carbocycles. The Hall–Kier alpha value is -3.02. The quantitative estimate of drug-likeness (QED) is 0.881. The maximum absolute atomic E-state index is 13.1. The Balaban J connectivity index is 2.03. The smallest absolute Gasteiger partial charge is 0.254 e. The highest BCUT2D eigenvalue weighted by Crippen LogP contribution is 2.41. The third-order valence-corrected chi connectivity index (χ3v) is 4.84. The van der Waals surface area contributed by atoms with Crippen molar-refractivity contribution in [2.45, 2.75) is 33.4 Å². The molecule has 1 aliphatic rings. The molecule has 142 valence electrons. The van der Waals surface area contributed by atoms with Gasteiger partial charge in [0.05, 0.1) is 26.5 Å². The lowest BCUT2D eigenvalue weighted by atomic mass is 9.99. The van der Waals surface area contributed by atoms with Gasteiger partial charge >= 0.3 is 0 Å². The Labute approximate surface area is 159 Å². The van der Waals surface area contributed by atoms with Crippen molar-refractivity contribution in [1.82, 2.24) is 5.32 Å². The van der Waals surface area contributed by atoms with Crippen LogP contribution in [0.2, 0.25) is 0 Å². The molecule has 27 heavy (non-hydrogen) atoms. The molecule has 2 aromatic carbocycles. The minimum atomic E-state index is -0.655. The predicted molar refractivity (Wildman–Crippen MR) is 103 cm³/mol. The first-order valence-electron chi connectivity index (χ1n) is 8.76. The van der Waals surface area contributed by atoms with Gasteiger partial charge in [0.15, 0.2) is 11.5 Å². The summed E-state index contributed by atoms with van der Waals surface area (Å²) in [5.74, 6) is 0.888. The summed E-state index contributed by atoms with van der Waals surface area (Å²) in [5.41, 5.74) is 4.63. The van der Waals surface area contributed by atoms with E-state index in [0.717, 1.165) is 27.9 Å². The second-order valence-electron chi connectivity index (χ2n) is 6.71. The van der Waals surface area contributed by atoms with Crippen LogP contribution in [0, 0.1) is 13.8 Å². The zero-order chi connectivity index (χ0) is 19.7. The molecule has 0 saturated heterocycles. The maximum atomic E-state index is 13.1. The highest BCUT2D eigenvalue weighted by molar-refractivity contribution is 6.07. The lowest BCUT2D eigenvalue weighted by Crippen LogP contribution is -2.36. The molecule has 0 unspecified atom stereocenters. The van der Waals surface area contributed by atoms with Crippen molar-refractivity contribution < 1.29 is 19.1 Å². The topological polar surface area (TPSA) is 67.9 Å². The van der Waals surface area contributed by atoms with Gasteiger partial charge in [-0.1, -0.05) is 18.2 Å². The van der Waals surface area contributed by atoms with Gasteiger partial charge in [0.1, 0.15) is 6.04 Å². The standard InChI is InChI=1S/C21H24N2O4/c1-12-6-7-13(2)20-18(12)19(22-14(3)24)21(25)23(20)11-15-8-9-16(26-4)17(10-15)27-5/h6-10,19H,11H2,1-5H3,(H,22,24)/t19-/m1/s1. The van der Waals surface area contributed by atoms with E-state index in [0.29, 0.717) is 18.0 Å². The van der Waals surface area contributed by atoms with Crippen molar-refractivity contribution in [1.29, 1.82) is 0 Å². The molecule has 6 heteroatoms. The van der Waals surface area contributed by atoms with E-state index in [-0.39, 0.29) is 11.8 Å². The van der Waals surface area contributed by atoms with Gasteiger partial charge in [-0.15, -0.1) is 0 Å². The number of ether oxygens (including phenoxy) is 2. The fourth-order valence-electron chi connectivity index (χ4n) is 3.59. The van der Waals surface area contributed by atoms with E-state index < -0.39 is 6.04 Å². The van der Waals surface area contributed by atoms with Crippen LogP contribution < -0.4 is 19.7 Å². The third-order valence-electron chi connectivity index (χ3n) is 4.84. The van der Waals surface area contributed by atoms with Gasteiger partial charge in [-0.05, 0) is 42.7 Å². The number of carbonyl (C=O) groups is 2. The summed E-state index contributed by atoms with van der Waals surface area (Å²) in [4.78, 5) is 26.5. The van der Waals surface area contributed by atoms with E-state index in [1.807, 2.05) is 44.2 Å².